The van der Waals surface area contributed by atoms with E-state index in [0.717, 1.165) is 25.7 Å². The summed E-state index contributed by atoms with van der Waals surface area (Å²) in [4.78, 5) is 40.4. The molecule has 2 heterocycles. The van der Waals surface area contributed by atoms with Crippen molar-refractivity contribution in [2.45, 2.75) is 38.1 Å². The number of pyridine rings is 1. The summed E-state index contributed by atoms with van der Waals surface area (Å²) in [6.45, 7) is 0. The van der Waals surface area contributed by atoms with Crippen LogP contribution in [0.5, 0.6) is 0 Å². The Bertz CT molecular complexity index is 855. The molecule has 8 nitrogen and oxygen atoms in total. The summed E-state index contributed by atoms with van der Waals surface area (Å²) in [7, 11) is 1.27. The summed E-state index contributed by atoms with van der Waals surface area (Å²) < 4.78 is 5.86. The van der Waals surface area contributed by atoms with E-state index < -0.39 is 17.6 Å². The van der Waals surface area contributed by atoms with Crippen LogP contribution in [0.25, 0.3) is 5.65 Å². The first-order chi connectivity index (χ1) is 12.1. The SMILES string of the molecule is COC(=O)c1ccc2ncc(NC(=O)NC3CCCCC3)c(=O)n2c1. The lowest BCUT2D eigenvalue weighted by Crippen LogP contribution is -2.40. The topological polar surface area (TPSA) is 102 Å². The maximum atomic E-state index is 12.5. The van der Waals surface area contributed by atoms with Gasteiger partial charge in [-0.1, -0.05) is 19.3 Å². The highest BCUT2D eigenvalue weighted by Gasteiger charge is 2.17. The van der Waals surface area contributed by atoms with Crippen LogP contribution in [-0.4, -0.2) is 34.5 Å². The van der Waals surface area contributed by atoms with Gasteiger partial charge in [0.05, 0.1) is 18.9 Å². The average Bonchev–Trinajstić information content (AvgIpc) is 2.64. The van der Waals surface area contributed by atoms with E-state index in [1.807, 2.05) is 0 Å². The number of carbonyl (C=O) groups is 2. The maximum absolute atomic E-state index is 12.5. The van der Waals surface area contributed by atoms with Gasteiger partial charge in [0.2, 0.25) is 0 Å². The molecule has 0 radical (unpaired) electrons. The number of nitrogens with one attached hydrogen (secondary N) is 2. The van der Waals surface area contributed by atoms with Crippen molar-refractivity contribution in [2.75, 3.05) is 12.4 Å². The summed E-state index contributed by atoms with van der Waals surface area (Å²) in [6, 6.07) is 2.78. The molecule has 0 spiro atoms. The zero-order valence-electron chi connectivity index (χ0n) is 13.9. The molecule has 0 saturated heterocycles. The van der Waals surface area contributed by atoms with Gasteiger partial charge in [0.1, 0.15) is 11.3 Å². The number of urea groups is 1. The van der Waals surface area contributed by atoms with Crippen molar-refractivity contribution in [3.05, 3.63) is 40.4 Å². The summed E-state index contributed by atoms with van der Waals surface area (Å²) in [5, 5.41) is 5.43. The van der Waals surface area contributed by atoms with Crippen LogP contribution in [0.3, 0.4) is 0 Å². The number of methoxy groups -OCH3 is 1. The fourth-order valence-corrected chi connectivity index (χ4v) is 2.99. The zero-order chi connectivity index (χ0) is 17.8. The van der Waals surface area contributed by atoms with E-state index in [1.54, 1.807) is 6.07 Å². The molecule has 0 atom stereocenters. The first-order valence-electron chi connectivity index (χ1n) is 8.26. The standard InChI is InChI=1S/C17H20N4O4/c1-25-16(23)11-7-8-14-18-9-13(15(22)21(14)10-11)20-17(24)19-12-5-3-2-4-6-12/h7-10,12H,2-6H2,1H3,(H2,19,20,24). The van der Waals surface area contributed by atoms with E-state index in [1.165, 1.54) is 36.4 Å². The minimum absolute atomic E-state index is 0.0489. The van der Waals surface area contributed by atoms with Crippen LogP contribution in [0.4, 0.5) is 10.5 Å². The highest BCUT2D eigenvalue weighted by molar-refractivity contribution is 5.90. The first kappa shape index (κ1) is 16.9. The molecule has 1 aliphatic carbocycles. The Kier molecular flexibility index (Phi) is 4.97. The highest BCUT2D eigenvalue weighted by Crippen LogP contribution is 2.17. The van der Waals surface area contributed by atoms with Crippen molar-refractivity contribution in [1.29, 1.82) is 0 Å². The Balaban J connectivity index is 1.81. The van der Waals surface area contributed by atoms with Gasteiger partial charge in [0.25, 0.3) is 5.56 Å². The predicted molar refractivity (Wildman–Crippen MR) is 91.8 cm³/mol. The second-order valence-corrected chi connectivity index (χ2v) is 6.05. The zero-order valence-corrected chi connectivity index (χ0v) is 13.9. The smallest absolute Gasteiger partial charge is 0.339 e. The number of hydrogen-bond acceptors (Lipinski definition) is 5. The number of hydrogen-bond donors (Lipinski definition) is 2. The Labute approximate surface area is 144 Å². The minimum Gasteiger partial charge on any atom is -0.465 e. The van der Waals surface area contributed by atoms with Crippen LogP contribution in [0.2, 0.25) is 0 Å². The van der Waals surface area contributed by atoms with E-state index >= 15 is 0 Å². The van der Waals surface area contributed by atoms with Gasteiger partial charge in [0.15, 0.2) is 0 Å². The lowest BCUT2D eigenvalue weighted by Gasteiger charge is -2.22. The van der Waals surface area contributed by atoms with Crippen LogP contribution in [0.1, 0.15) is 42.5 Å². The molecule has 0 aromatic carbocycles. The maximum Gasteiger partial charge on any atom is 0.339 e. The van der Waals surface area contributed by atoms with E-state index in [4.69, 9.17) is 0 Å². The van der Waals surface area contributed by atoms with E-state index in [9.17, 15) is 14.4 Å². The third kappa shape index (κ3) is 3.78. The minimum atomic E-state index is -0.554. The van der Waals surface area contributed by atoms with E-state index in [0.29, 0.717) is 5.65 Å². The molecule has 2 aromatic heterocycles. The number of carbonyl (C=O) groups excluding carboxylic acids is 2. The van der Waals surface area contributed by atoms with Crippen molar-refractivity contribution in [1.82, 2.24) is 14.7 Å². The van der Waals surface area contributed by atoms with Gasteiger partial charge in [-0.3, -0.25) is 9.20 Å². The molecule has 3 rings (SSSR count). The van der Waals surface area contributed by atoms with Crippen LogP contribution in [0, 0.1) is 0 Å². The molecule has 8 heteroatoms. The highest BCUT2D eigenvalue weighted by atomic mass is 16.5. The first-order valence-corrected chi connectivity index (χ1v) is 8.26. The van der Waals surface area contributed by atoms with Crippen LogP contribution < -0.4 is 16.2 Å². The van der Waals surface area contributed by atoms with Crippen molar-refractivity contribution < 1.29 is 14.3 Å². The molecular formula is C17H20N4O4. The Morgan fingerprint density at radius 1 is 1.24 bits per heavy atom. The van der Waals surface area contributed by atoms with Crippen molar-refractivity contribution in [3.8, 4) is 0 Å². The quantitative estimate of drug-likeness (QED) is 0.829. The number of amides is 2. The van der Waals surface area contributed by atoms with Gasteiger partial charge < -0.3 is 15.4 Å². The molecule has 2 amide bonds. The second-order valence-electron chi connectivity index (χ2n) is 6.05. The molecule has 1 aliphatic rings. The number of esters is 1. The van der Waals surface area contributed by atoms with Gasteiger partial charge in [-0.05, 0) is 25.0 Å². The van der Waals surface area contributed by atoms with Gasteiger partial charge in [0, 0.05) is 12.2 Å². The third-order valence-corrected chi connectivity index (χ3v) is 4.31. The number of nitrogens with zero attached hydrogens (tertiary/aromatic N) is 2. The number of anilines is 1. The fraction of sp³-hybridized carbons (Fsp3) is 0.412. The van der Waals surface area contributed by atoms with Crippen LogP contribution in [0.15, 0.2) is 29.3 Å². The lowest BCUT2D eigenvalue weighted by atomic mass is 9.96. The van der Waals surface area contributed by atoms with Gasteiger partial charge in [-0.15, -0.1) is 0 Å². The third-order valence-electron chi connectivity index (χ3n) is 4.31. The van der Waals surface area contributed by atoms with Gasteiger partial charge in [-0.25, -0.2) is 14.6 Å². The molecule has 1 saturated carbocycles. The number of ether oxygens (including phenoxy) is 1. The van der Waals surface area contributed by atoms with Crippen molar-refractivity contribution in [3.63, 3.8) is 0 Å². The molecule has 0 aliphatic heterocycles. The molecule has 25 heavy (non-hydrogen) atoms. The number of fused-ring (bicyclic) bond motifs is 1. The molecular weight excluding hydrogens is 324 g/mol. The molecule has 1 fully saturated rings. The van der Waals surface area contributed by atoms with Crippen molar-refractivity contribution in [2.24, 2.45) is 0 Å². The Hall–Kier alpha value is -2.90. The summed E-state index contributed by atoms with van der Waals surface area (Å²) in [6.07, 6.45) is 7.95. The number of aromatic nitrogens is 2. The molecule has 0 unspecified atom stereocenters. The molecule has 2 N–H and O–H groups in total. The van der Waals surface area contributed by atoms with Crippen LogP contribution in [-0.2, 0) is 4.74 Å². The molecule has 2 aromatic rings. The normalized spacial score (nSPS) is 14.9. The largest absolute Gasteiger partial charge is 0.465 e. The van der Waals surface area contributed by atoms with E-state index in [-0.39, 0.29) is 17.3 Å². The van der Waals surface area contributed by atoms with Gasteiger partial charge >= 0.3 is 12.0 Å². The Morgan fingerprint density at radius 3 is 2.72 bits per heavy atom. The van der Waals surface area contributed by atoms with E-state index in [2.05, 4.69) is 20.4 Å². The molecule has 0 bridgehead atoms. The van der Waals surface area contributed by atoms with Crippen molar-refractivity contribution >= 4 is 23.3 Å². The average molecular weight is 344 g/mol. The van der Waals surface area contributed by atoms with Gasteiger partial charge in [-0.2, -0.15) is 0 Å². The lowest BCUT2D eigenvalue weighted by molar-refractivity contribution is 0.0600. The Morgan fingerprint density at radius 2 is 2.00 bits per heavy atom. The summed E-state index contributed by atoms with van der Waals surface area (Å²) >= 11 is 0. The summed E-state index contributed by atoms with van der Waals surface area (Å²) in [5.74, 6) is -0.554. The molecule has 132 valence electrons. The van der Waals surface area contributed by atoms with Crippen LogP contribution >= 0.6 is 0 Å². The second kappa shape index (κ2) is 7.33. The summed E-state index contributed by atoms with van der Waals surface area (Å²) in [5.41, 5.74) is 0.181. The fourth-order valence-electron chi connectivity index (χ4n) is 2.99. The number of rotatable bonds is 3. The monoisotopic (exact) mass is 344 g/mol. The predicted octanol–water partition coefficient (Wildman–Crippen LogP) is 1.94.